The molecule has 1 rings (SSSR count). The summed E-state index contributed by atoms with van der Waals surface area (Å²) in [5.74, 6) is 0.678. The van der Waals surface area contributed by atoms with Crippen LogP contribution in [0.4, 0.5) is 0 Å². The molecule has 1 aromatic carbocycles. The number of rotatable bonds is 3. The van der Waals surface area contributed by atoms with Crippen LogP contribution in [0.15, 0.2) is 18.2 Å². The fourth-order valence-corrected chi connectivity index (χ4v) is 1.29. The molecule has 0 radical (unpaired) electrons. The molecule has 0 amide bonds. The first-order valence-electron chi connectivity index (χ1n) is 3.87. The lowest BCUT2D eigenvalue weighted by atomic mass is 10.2. The summed E-state index contributed by atoms with van der Waals surface area (Å²) in [5, 5.41) is 12.6. The second kappa shape index (κ2) is 4.46. The molecular formula is C9H12ClNO2. The van der Waals surface area contributed by atoms with E-state index in [9.17, 15) is 5.11 Å². The van der Waals surface area contributed by atoms with Gasteiger partial charge in [-0.3, -0.25) is 5.32 Å². The van der Waals surface area contributed by atoms with Crippen molar-refractivity contribution in [1.29, 1.82) is 0 Å². The minimum Gasteiger partial charge on any atom is -0.497 e. The summed E-state index contributed by atoms with van der Waals surface area (Å²) in [6.45, 7) is 0. The van der Waals surface area contributed by atoms with Crippen LogP contribution in [0.25, 0.3) is 0 Å². The van der Waals surface area contributed by atoms with Gasteiger partial charge in [0, 0.05) is 5.56 Å². The molecule has 72 valence electrons. The Balaban J connectivity index is 2.98. The van der Waals surface area contributed by atoms with Crippen molar-refractivity contribution in [3.8, 4) is 5.75 Å². The van der Waals surface area contributed by atoms with E-state index in [1.807, 2.05) is 0 Å². The highest BCUT2D eigenvalue weighted by Gasteiger charge is 2.09. The Hall–Kier alpha value is -0.770. The largest absolute Gasteiger partial charge is 0.497 e. The first-order chi connectivity index (χ1) is 6.19. The number of ether oxygens (including phenoxy) is 1. The normalized spacial score (nSPS) is 12.6. The van der Waals surface area contributed by atoms with Crippen LogP contribution in [-0.2, 0) is 0 Å². The predicted octanol–water partition coefficient (Wildman–Crippen LogP) is 1.56. The van der Waals surface area contributed by atoms with Crippen molar-refractivity contribution < 1.29 is 9.84 Å². The topological polar surface area (TPSA) is 41.5 Å². The average Bonchev–Trinajstić information content (AvgIpc) is 2.16. The molecule has 0 aromatic heterocycles. The van der Waals surface area contributed by atoms with E-state index in [2.05, 4.69) is 5.32 Å². The summed E-state index contributed by atoms with van der Waals surface area (Å²) in [6, 6.07) is 5.14. The van der Waals surface area contributed by atoms with Crippen molar-refractivity contribution in [1.82, 2.24) is 5.32 Å². The Morgan fingerprint density at radius 1 is 1.54 bits per heavy atom. The Morgan fingerprint density at radius 3 is 2.69 bits per heavy atom. The van der Waals surface area contributed by atoms with Gasteiger partial charge in [0.25, 0.3) is 0 Å². The van der Waals surface area contributed by atoms with Gasteiger partial charge in [-0.2, -0.15) is 0 Å². The van der Waals surface area contributed by atoms with Gasteiger partial charge in [0.1, 0.15) is 12.0 Å². The zero-order chi connectivity index (χ0) is 9.84. The molecule has 0 fully saturated rings. The zero-order valence-corrected chi connectivity index (χ0v) is 8.30. The van der Waals surface area contributed by atoms with Crippen LogP contribution < -0.4 is 10.1 Å². The molecule has 1 atom stereocenters. The number of benzene rings is 1. The molecule has 13 heavy (non-hydrogen) atoms. The summed E-state index contributed by atoms with van der Waals surface area (Å²) in [4.78, 5) is 0. The van der Waals surface area contributed by atoms with Crippen LogP contribution in [0.2, 0.25) is 5.02 Å². The first-order valence-corrected chi connectivity index (χ1v) is 4.25. The summed E-state index contributed by atoms with van der Waals surface area (Å²) in [6.07, 6.45) is -0.738. The smallest absolute Gasteiger partial charge is 0.132 e. The quantitative estimate of drug-likeness (QED) is 0.730. The molecule has 4 heteroatoms. The molecule has 0 saturated carbocycles. The van der Waals surface area contributed by atoms with E-state index in [0.717, 1.165) is 0 Å². The van der Waals surface area contributed by atoms with E-state index in [-0.39, 0.29) is 0 Å². The Labute approximate surface area is 82.3 Å². The number of hydrogen-bond acceptors (Lipinski definition) is 3. The van der Waals surface area contributed by atoms with Gasteiger partial charge in [0.2, 0.25) is 0 Å². The lowest BCUT2D eigenvalue weighted by molar-refractivity contribution is 0.149. The van der Waals surface area contributed by atoms with Crippen LogP contribution in [0.1, 0.15) is 11.8 Å². The molecule has 3 nitrogen and oxygen atoms in total. The zero-order valence-electron chi connectivity index (χ0n) is 7.54. The maximum Gasteiger partial charge on any atom is 0.132 e. The van der Waals surface area contributed by atoms with Gasteiger partial charge < -0.3 is 9.84 Å². The highest BCUT2D eigenvalue weighted by atomic mass is 35.5. The molecule has 0 aliphatic heterocycles. The summed E-state index contributed by atoms with van der Waals surface area (Å²) < 4.78 is 4.98. The predicted molar refractivity (Wildman–Crippen MR) is 52.0 cm³/mol. The van der Waals surface area contributed by atoms with Crippen molar-refractivity contribution in [3.63, 3.8) is 0 Å². The van der Waals surface area contributed by atoms with E-state index < -0.39 is 6.23 Å². The number of halogens is 1. The van der Waals surface area contributed by atoms with Gasteiger partial charge >= 0.3 is 0 Å². The molecule has 0 bridgehead atoms. The van der Waals surface area contributed by atoms with Crippen LogP contribution in [-0.4, -0.2) is 19.3 Å². The highest BCUT2D eigenvalue weighted by Crippen LogP contribution is 2.25. The van der Waals surface area contributed by atoms with Crippen LogP contribution >= 0.6 is 11.6 Å². The molecule has 1 unspecified atom stereocenters. The molecule has 0 heterocycles. The minimum atomic E-state index is -0.738. The van der Waals surface area contributed by atoms with E-state index >= 15 is 0 Å². The van der Waals surface area contributed by atoms with E-state index in [1.165, 1.54) is 0 Å². The second-order valence-electron chi connectivity index (χ2n) is 2.58. The van der Waals surface area contributed by atoms with Crippen molar-refractivity contribution in [2.45, 2.75) is 6.23 Å². The van der Waals surface area contributed by atoms with Gasteiger partial charge in [-0.05, 0) is 25.2 Å². The number of hydrogen-bond donors (Lipinski definition) is 2. The first kappa shape index (κ1) is 10.3. The summed E-state index contributed by atoms with van der Waals surface area (Å²) in [5.41, 5.74) is 0.643. The van der Waals surface area contributed by atoms with Crippen molar-refractivity contribution in [3.05, 3.63) is 28.8 Å². The molecule has 0 aliphatic rings. The molecule has 0 spiro atoms. The highest BCUT2D eigenvalue weighted by molar-refractivity contribution is 6.31. The molecule has 1 aromatic rings. The SMILES string of the molecule is CNC(O)c1ccc(OC)cc1Cl. The van der Waals surface area contributed by atoms with Crippen molar-refractivity contribution >= 4 is 11.6 Å². The van der Waals surface area contributed by atoms with Crippen molar-refractivity contribution in [2.75, 3.05) is 14.2 Å². The second-order valence-corrected chi connectivity index (χ2v) is 2.99. The summed E-state index contributed by atoms with van der Waals surface area (Å²) in [7, 11) is 3.23. The molecule has 2 N–H and O–H groups in total. The van der Waals surface area contributed by atoms with Gasteiger partial charge in [0.15, 0.2) is 0 Å². The van der Waals surface area contributed by atoms with Gasteiger partial charge in [-0.1, -0.05) is 11.6 Å². The number of aliphatic hydroxyl groups is 1. The Bertz CT molecular complexity index is 291. The van der Waals surface area contributed by atoms with E-state index in [4.69, 9.17) is 16.3 Å². The minimum absolute atomic E-state index is 0.487. The Morgan fingerprint density at radius 2 is 2.23 bits per heavy atom. The molecule has 0 aliphatic carbocycles. The third-order valence-corrected chi connectivity index (χ3v) is 2.10. The van der Waals surface area contributed by atoms with Crippen LogP contribution in [0.5, 0.6) is 5.75 Å². The monoisotopic (exact) mass is 201 g/mol. The molecule has 0 saturated heterocycles. The third kappa shape index (κ3) is 2.34. The fourth-order valence-electron chi connectivity index (χ4n) is 1.01. The fraction of sp³-hybridized carbons (Fsp3) is 0.333. The lowest BCUT2D eigenvalue weighted by Crippen LogP contribution is -2.15. The number of methoxy groups -OCH3 is 1. The number of aliphatic hydroxyl groups excluding tert-OH is 1. The summed E-state index contributed by atoms with van der Waals surface area (Å²) >= 11 is 5.90. The van der Waals surface area contributed by atoms with E-state index in [0.29, 0.717) is 16.3 Å². The van der Waals surface area contributed by atoms with Crippen molar-refractivity contribution in [2.24, 2.45) is 0 Å². The van der Waals surface area contributed by atoms with Crippen LogP contribution in [0.3, 0.4) is 0 Å². The third-order valence-electron chi connectivity index (χ3n) is 1.78. The number of nitrogens with one attached hydrogen (secondary N) is 1. The maximum atomic E-state index is 9.44. The van der Waals surface area contributed by atoms with Gasteiger partial charge in [-0.15, -0.1) is 0 Å². The van der Waals surface area contributed by atoms with E-state index in [1.54, 1.807) is 32.4 Å². The standard InChI is InChI=1S/C9H12ClNO2/c1-11-9(12)7-4-3-6(13-2)5-8(7)10/h3-5,9,11-12H,1-2H3. The van der Waals surface area contributed by atoms with Crippen LogP contribution in [0, 0.1) is 0 Å². The lowest BCUT2D eigenvalue weighted by Gasteiger charge is -2.11. The molecular weight excluding hydrogens is 190 g/mol. The average molecular weight is 202 g/mol. The van der Waals surface area contributed by atoms with Gasteiger partial charge in [0.05, 0.1) is 12.1 Å². The maximum absolute atomic E-state index is 9.44. The van der Waals surface area contributed by atoms with Gasteiger partial charge in [-0.25, -0.2) is 0 Å². The Kier molecular flexibility index (Phi) is 3.54.